The summed E-state index contributed by atoms with van der Waals surface area (Å²) in [5.74, 6) is 0.189. The van der Waals surface area contributed by atoms with Crippen LogP contribution in [0.3, 0.4) is 0 Å². The molecule has 2 aromatic rings. The van der Waals surface area contributed by atoms with E-state index in [2.05, 4.69) is 24.1 Å². The second kappa shape index (κ2) is 5.69. The van der Waals surface area contributed by atoms with E-state index < -0.39 is 0 Å². The van der Waals surface area contributed by atoms with Gasteiger partial charge in [0.05, 0.1) is 6.04 Å². The van der Waals surface area contributed by atoms with Crippen LogP contribution in [-0.4, -0.2) is 28.2 Å². The molecule has 2 aliphatic rings. The highest BCUT2D eigenvalue weighted by molar-refractivity contribution is 6.01. The molecule has 2 amide bonds. The SMILES string of the molecule is CC1(C)CN(C(=O)Nc2ccc3c(c2)CCC3=O)[C@@H]1c1cccnc1. The van der Waals surface area contributed by atoms with Gasteiger partial charge in [-0.3, -0.25) is 9.78 Å². The summed E-state index contributed by atoms with van der Waals surface area (Å²) in [4.78, 5) is 30.5. The number of likely N-dealkylation sites (tertiary alicyclic amines) is 1. The monoisotopic (exact) mass is 335 g/mol. The van der Waals surface area contributed by atoms with Crippen molar-refractivity contribution in [2.45, 2.75) is 32.7 Å². The first-order chi connectivity index (χ1) is 12.0. The van der Waals surface area contributed by atoms with Crippen molar-refractivity contribution >= 4 is 17.5 Å². The number of hydrogen-bond donors (Lipinski definition) is 1. The highest BCUT2D eigenvalue weighted by Gasteiger charge is 2.49. The fourth-order valence-electron chi connectivity index (χ4n) is 4.01. The summed E-state index contributed by atoms with van der Waals surface area (Å²) in [6.07, 6.45) is 4.89. The molecular formula is C20H21N3O2. The van der Waals surface area contributed by atoms with E-state index in [4.69, 9.17) is 0 Å². The van der Waals surface area contributed by atoms with E-state index in [1.165, 1.54) is 0 Å². The Hall–Kier alpha value is -2.69. The van der Waals surface area contributed by atoms with Crippen LogP contribution in [0.15, 0.2) is 42.7 Å². The van der Waals surface area contributed by atoms with Crippen molar-refractivity contribution in [1.82, 2.24) is 9.88 Å². The summed E-state index contributed by atoms with van der Waals surface area (Å²) >= 11 is 0. The molecule has 1 saturated heterocycles. The summed E-state index contributed by atoms with van der Waals surface area (Å²) < 4.78 is 0. The number of ketones is 1. The molecule has 0 unspecified atom stereocenters. The Labute approximate surface area is 147 Å². The van der Waals surface area contributed by atoms with Gasteiger partial charge in [-0.25, -0.2) is 4.79 Å². The topological polar surface area (TPSA) is 62.3 Å². The maximum Gasteiger partial charge on any atom is 0.322 e. The third-order valence-corrected chi connectivity index (χ3v) is 5.17. The number of aromatic nitrogens is 1. The number of benzene rings is 1. The Kier molecular flexibility index (Phi) is 3.60. The maximum absolute atomic E-state index is 12.8. The molecule has 0 bridgehead atoms. The van der Waals surface area contributed by atoms with Gasteiger partial charge < -0.3 is 10.2 Å². The van der Waals surface area contributed by atoms with Gasteiger partial charge in [0.15, 0.2) is 5.78 Å². The molecule has 0 radical (unpaired) electrons. The van der Waals surface area contributed by atoms with Gasteiger partial charge in [0.1, 0.15) is 0 Å². The zero-order valence-electron chi connectivity index (χ0n) is 14.5. The number of nitrogens with one attached hydrogen (secondary N) is 1. The van der Waals surface area contributed by atoms with Gasteiger partial charge in [0.2, 0.25) is 0 Å². The Morgan fingerprint density at radius 2 is 2.12 bits per heavy atom. The van der Waals surface area contributed by atoms with Gasteiger partial charge in [-0.1, -0.05) is 19.9 Å². The molecule has 1 aromatic heterocycles. The van der Waals surface area contributed by atoms with Crippen LogP contribution in [0.1, 0.15) is 47.8 Å². The van der Waals surface area contributed by atoms with E-state index in [1.807, 2.05) is 41.4 Å². The lowest BCUT2D eigenvalue weighted by atomic mass is 9.72. The van der Waals surface area contributed by atoms with Gasteiger partial charge in [-0.05, 0) is 41.8 Å². The van der Waals surface area contributed by atoms with E-state index in [9.17, 15) is 9.59 Å². The number of nitrogens with zero attached hydrogens (tertiary/aromatic N) is 2. The largest absolute Gasteiger partial charge is 0.322 e. The van der Waals surface area contributed by atoms with Crippen molar-refractivity contribution in [3.63, 3.8) is 0 Å². The van der Waals surface area contributed by atoms with E-state index in [0.717, 1.165) is 28.8 Å². The summed E-state index contributed by atoms with van der Waals surface area (Å²) in [5.41, 5.74) is 3.62. The summed E-state index contributed by atoms with van der Waals surface area (Å²) in [6.45, 7) is 5.02. The molecular weight excluding hydrogens is 314 g/mol. The minimum absolute atomic E-state index is 0.0113. The molecule has 1 fully saturated rings. The van der Waals surface area contributed by atoms with E-state index in [1.54, 1.807) is 6.20 Å². The quantitative estimate of drug-likeness (QED) is 0.907. The maximum atomic E-state index is 12.8. The Bertz CT molecular complexity index is 845. The van der Waals surface area contributed by atoms with Crippen LogP contribution < -0.4 is 5.32 Å². The van der Waals surface area contributed by atoms with Gasteiger partial charge in [0, 0.05) is 42.0 Å². The first-order valence-corrected chi connectivity index (χ1v) is 8.59. The molecule has 128 valence electrons. The first kappa shape index (κ1) is 15.8. The number of aryl methyl sites for hydroxylation is 1. The van der Waals surface area contributed by atoms with Crippen LogP contribution in [0, 0.1) is 5.41 Å². The average Bonchev–Trinajstić information content (AvgIpc) is 2.94. The molecule has 1 N–H and O–H groups in total. The van der Waals surface area contributed by atoms with Gasteiger partial charge in [-0.15, -0.1) is 0 Å². The predicted molar refractivity (Wildman–Crippen MR) is 95.6 cm³/mol. The Morgan fingerprint density at radius 3 is 2.84 bits per heavy atom. The Morgan fingerprint density at radius 1 is 1.28 bits per heavy atom. The zero-order chi connectivity index (χ0) is 17.6. The second-order valence-corrected chi connectivity index (χ2v) is 7.53. The van der Waals surface area contributed by atoms with Crippen molar-refractivity contribution in [2.75, 3.05) is 11.9 Å². The molecule has 1 aromatic carbocycles. The normalized spacial score (nSPS) is 20.8. The second-order valence-electron chi connectivity index (χ2n) is 7.53. The van der Waals surface area contributed by atoms with Gasteiger partial charge >= 0.3 is 6.03 Å². The van der Waals surface area contributed by atoms with Crippen molar-refractivity contribution in [1.29, 1.82) is 0 Å². The summed E-state index contributed by atoms with van der Waals surface area (Å²) in [6, 6.07) is 9.36. The van der Waals surface area contributed by atoms with Gasteiger partial charge in [-0.2, -0.15) is 0 Å². The smallest absolute Gasteiger partial charge is 0.316 e. The van der Waals surface area contributed by atoms with Crippen molar-refractivity contribution < 1.29 is 9.59 Å². The molecule has 25 heavy (non-hydrogen) atoms. The minimum Gasteiger partial charge on any atom is -0.316 e. The number of Topliss-reactive ketones (excluding diaryl/α,β-unsaturated/α-hetero) is 1. The predicted octanol–water partition coefficient (Wildman–Crippen LogP) is 3.83. The lowest BCUT2D eigenvalue weighted by molar-refractivity contribution is -0.0117. The summed E-state index contributed by atoms with van der Waals surface area (Å²) in [5, 5.41) is 2.98. The van der Waals surface area contributed by atoms with E-state index in [0.29, 0.717) is 13.0 Å². The molecule has 2 heterocycles. The van der Waals surface area contributed by atoms with E-state index >= 15 is 0 Å². The molecule has 5 nitrogen and oxygen atoms in total. The third kappa shape index (κ3) is 2.69. The number of amides is 2. The Balaban J connectivity index is 1.53. The fraction of sp³-hybridized carbons (Fsp3) is 0.350. The van der Waals surface area contributed by atoms with E-state index in [-0.39, 0.29) is 23.3 Å². The average molecular weight is 335 g/mol. The number of pyridine rings is 1. The third-order valence-electron chi connectivity index (χ3n) is 5.17. The van der Waals surface area contributed by atoms with Crippen LogP contribution in [-0.2, 0) is 6.42 Å². The fourth-order valence-corrected chi connectivity index (χ4v) is 4.01. The highest BCUT2D eigenvalue weighted by atomic mass is 16.2. The molecule has 1 atom stereocenters. The molecule has 4 rings (SSSR count). The number of carbonyl (C=O) groups excluding carboxylic acids is 2. The lowest BCUT2D eigenvalue weighted by Gasteiger charge is -2.54. The van der Waals surface area contributed by atoms with Crippen LogP contribution in [0.2, 0.25) is 0 Å². The molecule has 5 heteroatoms. The number of rotatable bonds is 2. The van der Waals surface area contributed by atoms with Crippen LogP contribution in [0.25, 0.3) is 0 Å². The zero-order valence-corrected chi connectivity index (χ0v) is 14.5. The lowest BCUT2D eigenvalue weighted by Crippen LogP contribution is -2.59. The van der Waals surface area contributed by atoms with Crippen molar-refractivity contribution in [2.24, 2.45) is 5.41 Å². The van der Waals surface area contributed by atoms with Gasteiger partial charge in [0.25, 0.3) is 0 Å². The highest BCUT2D eigenvalue weighted by Crippen LogP contribution is 2.48. The number of anilines is 1. The van der Waals surface area contributed by atoms with Crippen LogP contribution >= 0.6 is 0 Å². The number of hydrogen-bond acceptors (Lipinski definition) is 3. The molecule has 0 spiro atoms. The van der Waals surface area contributed by atoms with Crippen LogP contribution in [0.4, 0.5) is 10.5 Å². The molecule has 0 saturated carbocycles. The molecule has 1 aliphatic carbocycles. The summed E-state index contributed by atoms with van der Waals surface area (Å²) in [7, 11) is 0. The number of urea groups is 1. The molecule has 1 aliphatic heterocycles. The minimum atomic E-state index is -0.113. The number of fused-ring (bicyclic) bond motifs is 1. The van der Waals surface area contributed by atoms with Crippen LogP contribution in [0.5, 0.6) is 0 Å². The van der Waals surface area contributed by atoms with Crippen molar-refractivity contribution in [3.05, 3.63) is 59.4 Å². The number of carbonyl (C=O) groups is 2. The van der Waals surface area contributed by atoms with Crippen molar-refractivity contribution in [3.8, 4) is 0 Å². The standard InChI is InChI=1S/C20H21N3O2/c1-20(2)12-23(18(20)14-4-3-9-21-11-14)19(25)22-15-6-7-16-13(10-15)5-8-17(16)24/h3-4,6-7,9-11,18H,5,8,12H2,1-2H3,(H,22,25)/t18-/m1/s1. The first-order valence-electron chi connectivity index (χ1n) is 8.59.